The van der Waals surface area contributed by atoms with Crippen molar-refractivity contribution in [3.63, 3.8) is 0 Å². The molecule has 18 heavy (non-hydrogen) atoms. The molecule has 0 bridgehead atoms. The van der Waals surface area contributed by atoms with Crippen molar-refractivity contribution in [1.29, 1.82) is 0 Å². The first-order chi connectivity index (χ1) is 8.83. The smallest absolute Gasteiger partial charge is 0.390 e. The Labute approximate surface area is 103 Å². The van der Waals surface area contributed by atoms with E-state index < -0.39 is 6.09 Å². The lowest BCUT2D eigenvalue weighted by Gasteiger charge is -2.11. The van der Waals surface area contributed by atoms with E-state index >= 15 is 0 Å². The van der Waals surface area contributed by atoms with Crippen molar-refractivity contribution < 1.29 is 9.53 Å². The van der Waals surface area contributed by atoms with Crippen molar-refractivity contribution >= 4 is 17.1 Å². The van der Waals surface area contributed by atoms with E-state index in [-0.39, 0.29) is 11.9 Å². The van der Waals surface area contributed by atoms with E-state index in [0.29, 0.717) is 11.0 Å². The van der Waals surface area contributed by atoms with Crippen LogP contribution in [-0.2, 0) is 0 Å². The van der Waals surface area contributed by atoms with Crippen LogP contribution in [0.4, 0.5) is 4.79 Å². The largest absolute Gasteiger partial charge is 0.414 e. The first kappa shape index (κ1) is 10.9. The van der Waals surface area contributed by atoms with Crippen LogP contribution in [0.5, 0.6) is 5.88 Å². The molecule has 0 aromatic carbocycles. The van der Waals surface area contributed by atoms with E-state index in [1.54, 1.807) is 0 Å². The lowest BCUT2D eigenvalue weighted by molar-refractivity contribution is 0.195. The zero-order valence-electron chi connectivity index (χ0n) is 9.72. The van der Waals surface area contributed by atoms with Gasteiger partial charge in [0.1, 0.15) is 11.7 Å². The molecule has 0 spiro atoms. The summed E-state index contributed by atoms with van der Waals surface area (Å²) < 4.78 is 5.19. The molecule has 0 radical (unpaired) electrons. The molecule has 0 unspecified atom stereocenters. The Balaban J connectivity index is 1.71. The van der Waals surface area contributed by atoms with Crippen LogP contribution < -0.4 is 10.1 Å². The van der Waals surface area contributed by atoms with Gasteiger partial charge in [0, 0.05) is 6.04 Å². The minimum absolute atomic E-state index is 0.221. The predicted octanol–water partition coefficient (Wildman–Crippen LogP) is 1.38. The monoisotopic (exact) mass is 247 g/mol. The first-order valence-electron chi connectivity index (χ1n) is 5.95. The summed E-state index contributed by atoms with van der Waals surface area (Å²) >= 11 is 0. The molecule has 7 nitrogen and oxygen atoms in total. The third-order valence-electron chi connectivity index (χ3n) is 3.08. The van der Waals surface area contributed by atoms with Gasteiger partial charge in [0.05, 0.1) is 6.20 Å². The third kappa shape index (κ3) is 2.11. The van der Waals surface area contributed by atoms with E-state index in [4.69, 9.17) is 4.74 Å². The highest BCUT2D eigenvalue weighted by Gasteiger charge is 2.19. The van der Waals surface area contributed by atoms with Crippen molar-refractivity contribution in [2.75, 3.05) is 0 Å². The van der Waals surface area contributed by atoms with Gasteiger partial charge in [-0.25, -0.2) is 14.8 Å². The molecular formula is C11H13N5O2. The van der Waals surface area contributed by atoms with E-state index in [2.05, 4.69) is 25.5 Å². The lowest BCUT2D eigenvalue weighted by atomic mass is 10.3. The minimum atomic E-state index is -0.469. The van der Waals surface area contributed by atoms with E-state index in [9.17, 15) is 4.79 Å². The molecule has 2 N–H and O–H groups in total. The van der Waals surface area contributed by atoms with Crippen LogP contribution in [0.15, 0.2) is 12.5 Å². The van der Waals surface area contributed by atoms with Crippen LogP contribution >= 0.6 is 0 Å². The predicted molar refractivity (Wildman–Crippen MR) is 63.1 cm³/mol. The van der Waals surface area contributed by atoms with Gasteiger partial charge in [-0.1, -0.05) is 12.8 Å². The van der Waals surface area contributed by atoms with Crippen LogP contribution in [0.3, 0.4) is 0 Å². The summed E-state index contributed by atoms with van der Waals surface area (Å²) in [4.78, 5) is 19.6. The van der Waals surface area contributed by atoms with E-state index in [1.165, 1.54) is 12.5 Å². The van der Waals surface area contributed by atoms with Gasteiger partial charge in [0.15, 0.2) is 5.65 Å². The van der Waals surface area contributed by atoms with Gasteiger partial charge in [-0.3, -0.25) is 5.10 Å². The second kappa shape index (κ2) is 4.59. The third-order valence-corrected chi connectivity index (χ3v) is 3.08. The summed E-state index contributed by atoms with van der Waals surface area (Å²) in [6.07, 6.45) is 6.74. The number of hydrogen-bond donors (Lipinski definition) is 2. The summed E-state index contributed by atoms with van der Waals surface area (Å²) in [5, 5.41) is 9.96. The summed E-state index contributed by atoms with van der Waals surface area (Å²) in [6, 6.07) is 0.221. The minimum Gasteiger partial charge on any atom is -0.390 e. The fourth-order valence-electron chi connectivity index (χ4n) is 2.18. The quantitative estimate of drug-likeness (QED) is 0.836. The molecule has 1 fully saturated rings. The Morgan fingerprint density at radius 2 is 2.22 bits per heavy atom. The Morgan fingerprint density at radius 3 is 3.06 bits per heavy atom. The van der Waals surface area contributed by atoms with Gasteiger partial charge in [-0.15, -0.1) is 0 Å². The highest BCUT2D eigenvalue weighted by Crippen LogP contribution is 2.20. The zero-order valence-corrected chi connectivity index (χ0v) is 9.72. The molecule has 7 heteroatoms. The fourth-order valence-corrected chi connectivity index (χ4v) is 2.18. The molecule has 0 saturated heterocycles. The summed E-state index contributed by atoms with van der Waals surface area (Å²) in [5.74, 6) is 0.226. The zero-order chi connectivity index (χ0) is 12.4. The number of H-pyrrole nitrogens is 1. The van der Waals surface area contributed by atoms with Crippen molar-refractivity contribution in [2.24, 2.45) is 0 Å². The molecule has 0 atom stereocenters. The van der Waals surface area contributed by atoms with Gasteiger partial charge in [0.25, 0.3) is 0 Å². The van der Waals surface area contributed by atoms with Crippen molar-refractivity contribution in [2.45, 2.75) is 31.7 Å². The number of nitrogens with one attached hydrogen (secondary N) is 2. The van der Waals surface area contributed by atoms with Crippen molar-refractivity contribution in [3.8, 4) is 5.88 Å². The Morgan fingerprint density at radius 1 is 1.39 bits per heavy atom. The molecule has 2 heterocycles. The number of amides is 1. The van der Waals surface area contributed by atoms with Crippen LogP contribution in [-0.4, -0.2) is 32.3 Å². The molecule has 1 aliphatic carbocycles. The Bertz CT molecular complexity index is 561. The number of fused-ring (bicyclic) bond motifs is 1. The number of nitrogens with zero attached hydrogens (tertiary/aromatic N) is 3. The standard InChI is InChI=1S/C11H13N5O2/c17-11(15-7-3-1-2-4-7)18-10-8-5-14-16-9(8)12-6-13-10/h5-7H,1-4H2,(H,15,17)(H,12,13,14,16). The number of carbonyl (C=O) groups excluding carboxylic acids is 1. The van der Waals surface area contributed by atoms with E-state index in [0.717, 1.165) is 25.7 Å². The number of aromatic nitrogens is 4. The molecule has 0 aliphatic heterocycles. The highest BCUT2D eigenvalue weighted by molar-refractivity contribution is 5.82. The molecule has 1 saturated carbocycles. The second-order valence-corrected chi connectivity index (χ2v) is 4.33. The molecule has 1 aliphatic rings. The summed E-state index contributed by atoms with van der Waals surface area (Å²) in [6.45, 7) is 0. The van der Waals surface area contributed by atoms with Gasteiger partial charge < -0.3 is 10.1 Å². The van der Waals surface area contributed by atoms with Gasteiger partial charge in [0.2, 0.25) is 5.88 Å². The molecular weight excluding hydrogens is 234 g/mol. The maximum Gasteiger partial charge on any atom is 0.414 e. The number of ether oxygens (including phenoxy) is 1. The number of carbonyl (C=O) groups is 1. The summed E-state index contributed by atoms with van der Waals surface area (Å²) in [7, 11) is 0. The molecule has 94 valence electrons. The molecule has 3 rings (SSSR count). The normalized spacial score (nSPS) is 16.0. The SMILES string of the molecule is O=C(NC1CCCC1)Oc1ncnc2[nH]ncc12. The van der Waals surface area contributed by atoms with Gasteiger partial charge >= 0.3 is 6.09 Å². The van der Waals surface area contributed by atoms with E-state index in [1.807, 2.05) is 0 Å². The van der Waals surface area contributed by atoms with Gasteiger partial charge in [-0.05, 0) is 12.8 Å². The molecule has 2 aromatic heterocycles. The number of hydrogen-bond acceptors (Lipinski definition) is 5. The van der Waals surface area contributed by atoms with Crippen LogP contribution in [0, 0.1) is 0 Å². The second-order valence-electron chi connectivity index (χ2n) is 4.33. The number of rotatable bonds is 2. The van der Waals surface area contributed by atoms with Crippen molar-refractivity contribution in [3.05, 3.63) is 12.5 Å². The Kier molecular flexibility index (Phi) is 2.79. The maximum atomic E-state index is 11.7. The average molecular weight is 247 g/mol. The van der Waals surface area contributed by atoms with Gasteiger partial charge in [-0.2, -0.15) is 5.10 Å². The molecule has 1 amide bonds. The van der Waals surface area contributed by atoms with Crippen LogP contribution in [0.1, 0.15) is 25.7 Å². The summed E-state index contributed by atoms with van der Waals surface area (Å²) in [5.41, 5.74) is 0.550. The maximum absolute atomic E-state index is 11.7. The Hall–Kier alpha value is -2.18. The first-order valence-corrected chi connectivity index (χ1v) is 5.95. The average Bonchev–Trinajstić information content (AvgIpc) is 2.99. The fraction of sp³-hybridized carbons (Fsp3) is 0.455. The van der Waals surface area contributed by atoms with Crippen LogP contribution in [0.25, 0.3) is 11.0 Å². The highest BCUT2D eigenvalue weighted by atomic mass is 16.6. The topological polar surface area (TPSA) is 92.8 Å². The lowest BCUT2D eigenvalue weighted by Crippen LogP contribution is -2.35. The van der Waals surface area contributed by atoms with Crippen LogP contribution in [0.2, 0.25) is 0 Å². The van der Waals surface area contributed by atoms with Crippen molar-refractivity contribution in [1.82, 2.24) is 25.5 Å². The molecule has 2 aromatic rings. The number of aromatic amines is 1.